The van der Waals surface area contributed by atoms with Crippen LogP contribution < -0.4 is 5.32 Å². The molecule has 2 aromatic rings. The number of fused-ring (bicyclic) bond motifs is 1. The molecule has 1 N–H and O–H groups in total. The maximum Gasteiger partial charge on any atom is 0.413 e. The minimum atomic E-state index is -0.525. The summed E-state index contributed by atoms with van der Waals surface area (Å²) in [5, 5.41) is 3.11. The van der Waals surface area contributed by atoms with Gasteiger partial charge in [0, 0.05) is 12.4 Å². The fraction of sp³-hybridized carbons (Fsp3) is 0.364. The third-order valence-corrected chi connectivity index (χ3v) is 3.35. The number of halogens is 1. The van der Waals surface area contributed by atoms with Gasteiger partial charge in [0.2, 0.25) is 0 Å². The summed E-state index contributed by atoms with van der Waals surface area (Å²) in [6.07, 6.45) is 2.86. The maximum atomic E-state index is 11.6. The lowest BCUT2D eigenvalue weighted by Gasteiger charge is -2.18. The van der Waals surface area contributed by atoms with Crippen LogP contribution in [0.1, 0.15) is 20.8 Å². The molecule has 18 heavy (non-hydrogen) atoms. The lowest BCUT2D eigenvalue weighted by molar-refractivity contribution is 0.0636. The van der Waals surface area contributed by atoms with Crippen molar-refractivity contribution in [1.82, 2.24) is 9.97 Å². The fourth-order valence-corrected chi connectivity index (χ4v) is 2.66. The average molecular weight is 330 g/mol. The van der Waals surface area contributed by atoms with Crippen LogP contribution in [0.4, 0.5) is 9.93 Å². The molecular formula is C11H12BrN3O2S. The van der Waals surface area contributed by atoms with Crippen molar-refractivity contribution in [2.45, 2.75) is 26.4 Å². The highest BCUT2D eigenvalue weighted by Crippen LogP contribution is 2.30. The van der Waals surface area contributed by atoms with E-state index in [1.807, 2.05) is 20.8 Å². The van der Waals surface area contributed by atoms with E-state index in [1.165, 1.54) is 11.3 Å². The van der Waals surface area contributed by atoms with Gasteiger partial charge in [0.15, 0.2) is 5.13 Å². The number of aromatic nitrogens is 2. The first-order valence-electron chi connectivity index (χ1n) is 5.25. The Bertz CT molecular complexity index is 591. The number of carbonyl (C=O) groups is 1. The van der Waals surface area contributed by atoms with Crippen molar-refractivity contribution in [3.05, 3.63) is 16.9 Å². The van der Waals surface area contributed by atoms with Crippen molar-refractivity contribution in [1.29, 1.82) is 0 Å². The number of pyridine rings is 1. The molecule has 0 saturated carbocycles. The monoisotopic (exact) mass is 329 g/mol. The molecule has 0 bridgehead atoms. The van der Waals surface area contributed by atoms with Gasteiger partial charge < -0.3 is 4.74 Å². The number of carbonyl (C=O) groups excluding carboxylic acids is 1. The number of ether oxygens (including phenoxy) is 1. The Morgan fingerprint density at radius 2 is 2.17 bits per heavy atom. The molecule has 7 heteroatoms. The van der Waals surface area contributed by atoms with E-state index in [1.54, 1.807) is 12.4 Å². The van der Waals surface area contributed by atoms with Crippen LogP contribution in [0.5, 0.6) is 0 Å². The van der Waals surface area contributed by atoms with Gasteiger partial charge in [-0.3, -0.25) is 10.3 Å². The molecule has 96 valence electrons. The van der Waals surface area contributed by atoms with Gasteiger partial charge in [-0.15, -0.1) is 0 Å². The molecule has 0 fully saturated rings. The highest BCUT2D eigenvalue weighted by molar-refractivity contribution is 9.10. The van der Waals surface area contributed by atoms with Crippen molar-refractivity contribution < 1.29 is 9.53 Å². The average Bonchev–Trinajstić information content (AvgIpc) is 2.58. The van der Waals surface area contributed by atoms with Gasteiger partial charge in [-0.2, -0.15) is 0 Å². The van der Waals surface area contributed by atoms with E-state index in [-0.39, 0.29) is 0 Å². The summed E-state index contributed by atoms with van der Waals surface area (Å²) >= 11 is 4.71. The second kappa shape index (κ2) is 4.81. The molecule has 2 aromatic heterocycles. The largest absolute Gasteiger partial charge is 0.444 e. The number of anilines is 1. The second-order valence-electron chi connectivity index (χ2n) is 4.61. The lowest BCUT2D eigenvalue weighted by Crippen LogP contribution is -2.27. The van der Waals surface area contributed by atoms with Gasteiger partial charge in [0.1, 0.15) is 11.1 Å². The molecule has 1 amide bonds. The zero-order chi connectivity index (χ0) is 13.3. The van der Waals surface area contributed by atoms with E-state index in [2.05, 4.69) is 31.2 Å². The Labute approximate surface area is 117 Å². The van der Waals surface area contributed by atoms with Gasteiger partial charge >= 0.3 is 6.09 Å². The molecule has 0 radical (unpaired) electrons. The quantitative estimate of drug-likeness (QED) is 0.864. The Hall–Kier alpha value is -1.21. The summed E-state index contributed by atoms with van der Waals surface area (Å²) in [5.41, 5.74) is 0.254. The molecule has 2 heterocycles. The van der Waals surface area contributed by atoms with E-state index in [4.69, 9.17) is 4.74 Å². The molecule has 0 aliphatic carbocycles. The number of rotatable bonds is 1. The molecule has 0 saturated heterocycles. The number of hydrogen-bond donors (Lipinski definition) is 1. The number of thiazole rings is 1. The summed E-state index contributed by atoms with van der Waals surface area (Å²) < 4.78 is 6.86. The van der Waals surface area contributed by atoms with Gasteiger partial charge in [0.05, 0.1) is 9.17 Å². The maximum absolute atomic E-state index is 11.6. The lowest BCUT2D eigenvalue weighted by atomic mass is 10.2. The highest BCUT2D eigenvalue weighted by atomic mass is 79.9. The van der Waals surface area contributed by atoms with Crippen LogP contribution in [0, 0.1) is 0 Å². The third-order valence-electron chi connectivity index (χ3n) is 1.87. The van der Waals surface area contributed by atoms with Crippen LogP contribution >= 0.6 is 27.3 Å². The first-order chi connectivity index (χ1) is 8.35. The smallest absolute Gasteiger partial charge is 0.413 e. The summed E-state index contributed by atoms with van der Waals surface area (Å²) in [4.78, 5) is 19.9. The molecule has 0 spiro atoms. The predicted molar refractivity (Wildman–Crippen MR) is 75.0 cm³/mol. The number of hydrogen-bond acceptors (Lipinski definition) is 5. The van der Waals surface area contributed by atoms with Crippen molar-refractivity contribution in [3.63, 3.8) is 0 Å². The zero-order valence-corrected chi connectivity index (χ0v) is 12.6. The van der Waals surface area contributed by atoms with Crippen molar-refractivity contribution in [3.8, 4) is 0 Å². The van der Waals surface area contributed by atoms with Crippen LogP contribution in [-0.2, 0) is 4.74 Å². The standard InChI is InChI=1S/C11H12BrN3O2S/c1-11(2,3)17-10(16)15-9-14-8-6(12)4-13-5-7(8)18-9/h4-5H,1-3H3,(H,14,15,16). The van der Waals surface area contributed by atoms with Gasteiger partial charge in [-0.05, 0) is 36.7 Å². The van der Waals surface area contributed by atoms with Crippen molar-refractivity contribution in [2.75, 3.05) is 5.32 Å². The minimum Gasteiger partial charge on any atom is -0.444 e. The molecule has 2 rings (SSSR count). The van der Waals surface area contributed by atoms with Crippen LogP contribution in [0.15, 0.2) is 16.9 Å². The van der Waals surface area contributed by atoms with Crippen LogP contribution in [0.3, 0.4) is 0 Å². The Balaban J connectivity index is 2.18. The summed E-state index contributed by atoms with van der Waals surface area (Å²) in [6.45, 7) is 5.43. The van der Waals surface area contributed by atoms with E-state index in [0.29, 0.717) is 5.13 Å². The molecule has 0 aromatic carbocycles. The minimum absolute atomic E-state index is 0.493. The number of nitrogens with zero attached hydrogens (tertiary/aromatic N) is 2. The van der Waals surface area contributed by atoms with E-state index < -0.39 is 11.7 Å². The fourth-order valence-electron chi connectivity index (χ4n) is 1.27. The van der Waals surface area contributed by atoms with E-state index in [0.717, 1.165) is 14.7 Å². The summed E-state index contributed by atoms with van der Waals surface area (Å²) in [5.74, 6) is 0. The molecule has 0 aliphatic heterocycles. The third kappa shape index (κ3) is 3.17. The van der Waals surface area contributed by atoms with Gasteiger partial charge in [-0.1, -0.05) is 11.3 Å². The molecular weight excluding hydrogens is 318 g/mol. The van der Waals surface area contributed by atoms with E-state index >= 15 is 0 Å². The summed E-state index contributed by atoms with van der Waals surface area (Å²) in [7, 11) is 0. The first-order valence-corrected chi connectivity index (χ1v) is 6.86. The normalized spacial score (nSPS) is 11.6. The number of nitrogens with one attached hydrogen (secondary N) is 1. The Morgan fingerprint density at radius 1 is 1.44 bits per heavy atom. The summed E-state index contributed by atoms with van der Waals surface area (Å²) in [6, 6.07) is 0. The van der Waals surface area contributed by atoms with Crippen molar-refractivity contribution in [2.24, 2.45) is 0 Å². The number of amides is 1. The molecule has 5 nitrogen and oxygen atoms in total. The predicted octanol–water partition coefficient (Wildman–Crippen LogP) is 3.80. The highest BCUT2D eigenvalue weighted by Gasteiger charge is 2.17. The molecule has 0 atom stereocenters. The van der Waals surface area contributed by atoms with Gasteiger partial charge in [0.25, 0.3) is 0 Å². The SMILES string of the molecule is CC(C)(C)OC(=O)Nc1nc2c(Br)cncc2s1. The van der Waals surface area contributed by atoms with Crippen LogP contribution in [-0.4, -0.2) is 21.7 Å². The molecule has 0 aliphatic rings. The first kappa shape index (κ1) is 13.2. The topological polar surface area (TPSA) is 64.1 Å². The second-order valence-corrected chi connectivity index (χ2v) is 6.50. The van der Waals surface area contributed by atoms with Crippen LogP contribution in [0.25, 0.3) is 10.2 Å². The Kier molecular flexibility index (Phi) is 3.54. The van der Waals surface area contributed by atoms with Gasteiger partial charge in [-0.25, -0.2) is 9.78 Å². The zero-order valence-electron chi connectivity index (χ0n) is 10.2. The Morgan fingerprint density at radius 3 is 2.78 bits per heavy atom. The molecule has 0 unspecified atom stereocenters. The van der Waals surface area contributed by atoms with Crippen LogP contribution in [0.2, 0.25) is 0 Å². The van der Waals surface area contributed by atoms with E-state index in [9.17, 15) is 4.79 Å². The van der Waals surface area contributed by atoms with Crippen molar-refractivity contribution >= 4 is 48.7 Å².